The van der Waals surface area contributed by atoms with E-state index in [0.29, 0.717) is 6.04 Å². The molecule has 3 heteroatoms. The number of piperidine rings is 1. The SMILES string of the molecule is c1cc2cc(NC3CCN4CCCCC34)ccc2s1. The van der Waals surface area contributed by atoms with E-state index < -0.39 is 0 Å². The zero-order valence-corrected chi connectivity index (χ0v) is 12.0. The highest BCUT2D eigenvalue weighted by atomic mass is 32.1. The van der Waals surface area contributed by atoms with E-state index in [2.05, 4.69) is 39.9 Å². The third kappa shape index (κ3) is 2.15. The zero-order chi connectivity index (χ0) is 12.7. The molecule has 2 aliphatic rings. The molecule has 3 heterocycles. The van der Waals surface area contributed by atoms with E-state index in [9.17, 15) is 0 Å². The highest BCUT2D eigenvalue weighted by Gasteiger charge is 2.35. The van der Waals surface area contributed by atoms with Gasteiger partial charge in [0.25, 0.3) is 0 Å². The average Bonchev–Trinajstić information content (AvgIpc) is 3.06. The van der Waals surface area contributed by atoms with E-state index >= 15 is 0 Å². The molecule has 0 saturated carbocycles. The molecule has 0 amide bonds. The Morgan fingerprint density at radius 3 is 3.11 bits per heavy atom. The number of benzene rings is 1. The molecule has 2 atom stereocenters. The van der Waals surface area contributed by atoms with Gasteiger partial charge in [0.05, 0.1) is 0 Å². The van der Waals surface area contributed by atoms with Gasteiger partial charge in [-0.2, -0.15) is 0 Å². The summed E-state index contributed by atoms with van der Waals surface area (Å²) in [6, 6.07) is 10.4. The Kier molecular flexibility index (Phi) is 2.97. The summed E-state index contributed by atoms with van der Waals surface area (Å²) in [7, 11) is 0. The van der Waals surface area contributed by atoms with E-state index in [1.807, 2.05) is 11.3 Å². The minimum Gasteiger partial charge on any atom is -0.381 e. The highest BCUT2D eigenvalue weighted by Crippen LogP contribution is 2.30. The molecule has 0 aliphatic carbocycles. The quantitative estimate of drug-likeness (QED) is 0.891. The molecule has 100 valence electrons. The summed E-state index contributed by atoms with van der Waals surface area (Å²) in [6.45, 7) is 2.59. The number of rotatable bonds is 2. The third-order valence-electron chi connectivity index (χ3n) is 4.66. The number of fused-ring (bicyclic) bond motifs is 2. The molecular formula is C16H20N2S. The standard InChI is InChI=1S/C16H20N2S/c1-2-8-18-9-6-14(15(18)3-1)17-13-4-5-16-12(11-13)7-10-19-16/h4-5,7,10-11,14-15,17H,1-3,6,8-9H2. The van der Waals surface area contributed by atoms with Gasteiger partial charge in [0.2, 0.25) is 0 Å². The van der Waals surface area contributed by atoms with Crippen LogP contribution in [0.2, 0.25) is 0 Å². The Balaban J connectivity index is 1.54. The van der Waals surface area contributed by atoms with Gasteiger partial charge in [-0.3, -0.25) is 4.90 Å². The third-order valence-corrected chi connectivity index (χ3v) is 5.56. The second-order valence-electron chi connectivity index (χ2n) is 5.81. The largest absolute Gasteiger partial charge is 0.381 e. The Hall–Kier alpha value is -1.06. The van der Waals surface area contributed by atoms with Crippen LogP contribution in [0.1, 0.15) is 25.7 Å². The molecule has 0 radical (unpaired) electrons. The van der Waals surface area contributed by atoms with Gasteiger partial charge >= 0.3 is 0 Å². The predicted octanol–water partition coefficient (Wildman–Crippen LogP) is 3.94. The Labute approximate surface area is 118 Å². The Morgan fingerprint density at radius 1 is 1.11 bits per heavy atom. The topological polar surface area (TPSA) is 15.3 Å². The molecule has 1 N–H and O–H groups in total. The van der Waals surface area contributed by atoms with Crippen LogP contribution >= 0.6 is 11.3 Å². The summed E-state index contributed by atoms with van der Waals surface area (Å²) in [6.07, 6.45) is 5.47. The lowest BCUT2D eigenvalue weighted by Gasteiger charge is -2.33. The molecule has 0 bridgehead atoms. The second kappa shape index (κ2) is 4.80. The maximum atomic E-state index is 3.78. The molecular weight excluding hydrogens is 252 g/mol. The summed E-state index contributed by atoms with van der Waals surface area (Å²) >= 11 is 1.82. The number of nitrogens with zero attached hydrogens (tertiary/aromatic N) is 1. The first kappa shape index (κ1) is 11.7. The molecule has 2 saturated heterocycles. The van der Waals surface area contributed by atoms with E-state index in [1.54, 1.807) is 0 Å². The summed E-state index contributed by atoms with van der Waals surface area (Å²) in [5.41, 5.74) is 1.29. The number of nitrogens with one attached hydrogen (secondary N) is 1. The Morgan fingerprint density at radius 2 is 2.11 bits per heavy atom. The fraction of sp³-hybridized carbons (Fsp3) is 0.500. The van der Waals surface area contributed by atoms with Crippen molar-refractivity contribution in [1.29, 1.82) is 0 Å². The van der Waals surface area contributed by atoms with E-state index in [0.717, 1.165) is 6.04 Å². The van der Waals surface area contributed by atoms with Crippen LogP contribution in [0.5, 0.6) is 0 Å². The summed E-state index contributed by atoms with van der Waals surface area (Å²) < 4.78 is 1.39. The fourth-order valence-electron chi connectivity index (χ4n) is 3.69. The normalized spacial score (nSPS) is 27.6. The molecule has 2 aliphatic heterocycles. The smallest absolute Gasteiger partial charge is 0.0429 e. The van der Waals surface area contributed by atoms with Crippen molar-refractivity contribution in [3.8, 4) is 0 Å². The van der Waals surface area contributed by atoms with Crippen molar-refractivity contribution < 1.29 is 0 Å². The fourth-order valence-corrected chi connectivity index (χ4v) is 4.46. The number of hydrogen-bond donors (Lipinski definition) is 1. The molecule has 2 unspecified atom stereocenters. The first-order valence-electron chi connectivity index (χ1n) is 7.38. The first-order valence-corrected chi connectivity index (χ1v) is 8.26. The van der Waals surface area contributed by atoms with E-state index in [1.165, 1.54) is 54.5 Å². The van der Waals surface area contributed by atoms with Crippen LogP contribution in [-0.4, -0.2) is 30.1 Å². The van der Waals surface area contributed by atoms with Crippen LogP contribution in [0.3, 0.4) is 0 Å². The van der Waals surface area contributed by atoms with E-state index in [-0.39, 0.29) is 0 Å². The summed E-state index contributed by atoms with van der Waals surface area (Å²) in [4.78, 5) is 2.68. The molecule has 19 heavy (non-hydrogen) atoms. The van der Waals surface area contributed by atoms with Crippen LogP contribution in [-0.2, 0) is 0 Å². The lowest BCUT2D eigenvalue weighted by molar-refractivity contribution is 0.193. The van der Waals surface area contributed by atoms with Crippen molar-refractivity contribution >= 4 is 27.1 Å². The molecule has 4 rings (SSSR count). The first-order chi connectivity index (χ1) is 9.40. The molecule has 1 aromatic carbocycles. The van der Waals surface area contributed by atoms with Gasteiger partial charge in [0, 0.05) is 29.0 Å². The summed E-state index contributed by atoms with van der Waals surface area (Å²) in [5.74, 6) is 0. The lowest BCUT2D eigenvalue weighted by Crippen LogP contribution is -2.41. The van der Waals surface area contributed by atoms with Crippen LogP contribution in [0.25, 0.3) is 10.1 Å². The molecule has 2 aromatic rings. The monoisotopic (exact) mass is 272 g/mol. The minimum absolute atomic E-state index is 0.649. The van der Waals surface area contributed by atoms with Gasteiger partial charge in [-0.15, -0.1) is 11.3 Å². The average molecular weight is 272 g/mol. The second-order valence-corrected chi connectivity index (χ2v) is 6.76. The van der Waals surface area contributed by atoms with Crippen LogP contribution in [0.4, 0.5) is 5.69 Å². The van der Waals surface area contributed by atoms with E-state index in [4.69, 9.17) is 0 Å². The summed E-state index contributed by atoms with van der Waals surface area (Å²) in [5, 5.41) is 7.33. The number of hydrogen-bond acceptors (Lipinski definition) is 3. The van der Waals surface area contributed by atoms with Gasteiger partial charge in [0.1, 0.15) is 0 Å². The van der Waals surface area contributed by atoms with Crippen molar-refractivity contribution in [3.63, 3.8) is 0 Å². The maximum Gasteiger partial charge on any atom is 0.0429 e. The molecule has 2 nitrogen and oxygen atoms in total. The van der Waals surface area contributed by atoms with Crippen molar-refractivity contribution in [2.75, 3.05) is 18.4 Å². The molecule has 0 spiro atoms. The predicted molar refractivity (Wildman–Crippen MR) is 83.1 cm³/mol. The van der Waals surface area contributed by atoms with Gasteiger partial charge in [-0.25, -0.2) is 0 Å². The number of thiophene rings is 1. The van der Waals surface area contributed by atoms with Crippen molar-refractivity contribution in [2.45, 2.75) is 37.8 Å². The van der Waals surface area contributed by atoms with Gasteiger partial charge in [-0.05, 0) is 60.8 Å². The van der Waals surface area contributed by atoms with Crippen molar-refractivity contribution in [1.82, 2.24) is 4.90 Å². The van der Waals surface area contributed by atoms with Crippen LogP contribution < -0.4 is 5.32 Å². The van der Waals surface area contributed by atoms with Gasteiger partial charge in [0.15, 0.2) is 0 Å². The van der Waals surface area contributed by atoms with Gasteiger partial charge in [-0.1, -0.05) is 6.42 Å². The molecule has 2 fully saturated rings. The highest BCUT2D eigenvalue weighted by molar-refractivity contribution is 7.17. The van der Waals surface area contributed by atoms with Crippen LogP contribution in [0, 0.1) is 0 Å². The number of anilines is 1. The lowest BCUT2D eigenvalue weighted by atomic mass is 9.99. The zero-order valence-electron chi connectivity index (χ0n) is 11.1. The van der Waals surface area contributed by atoms with Crippen LogP contribution in [0.15, 0.2) is 29.6 Å². The van der Waals surface area contributed by atoms with Gasteiger partial charge < -0.3 is 5.32 Å². The maximum absolute atomic E-state index is 3.78. The van der Waals surface area contributed by atoms with Crippen molar-refractivity contribution in [3.05, 3.63) is 29.6 Å². The molecule has 1 aromatic heterocycles. The Bertz CT molecular complexity index is 577. The minimum atomic E-state index is 0.649. The van der Waals surface area contributed by atoms with Crippen molar-refractivity contribution in [2.24, 2.45) is 0 Å².